The van der Waals surface area contributed by atoms with Gasteiger partial charge in [0.1, 0.15) is 0 Å². The van der Waals surface area contributed by atoms with Gasteiger partial charge >= 0.3 is 0 Å². The van der Waals surface area contributed by atoms with Crippen LogP contribution in [0.2, 0.25) is 0 Å². The van der Waals surface area contributed by atoms with Crippen molar-refractivity contribution in [1.82, 2.24) is 9.80 Å². The third-order valence-electron chi connectivity index (χ3n) is 2.64. The predicted octanol–water partition coefficient (Wildman–Crippen LogP) is -0.0398. The second-order valence-electron chi connectivity index (χ2n) is 3.62. The number of amides is 2. The fourth-order valence-corrected chi connectivity index (χ4v) is 2.70. The number of nitrogens with zero attached hydrogens (tertiary/aromatic N) is 2. The second kappa shape index (κ2) is 4.81. The first-order valence-electron chi connectivity index (χ1n) is 5.11. The number of carbonyl (C=O) groups is 2. The molecule has 0 aromatic rings. The van der Waals surface area contributed by atoms with Gasteiger partial charge < -0.3 is 0 Å². The first kappa shape index (κ1) is 10.7. The van der Waals surface area contributed by atoms with Gasteiger partial charge in [-0.2, -0.15) is 11.8 Å². The van der Waals surface area contributed by atoms with Gasteiger partial charge in [-0.15, -0.1) is 0 Å². The van der Waals surface area contributed by atoms with E-state index in [0.29, 0.717) is 6.54 Å². The van der Waals surface area contributed by atoms with E-state index in [2.05, 4.69) is 4.90 Å². The number of hydrogen-bond acceptors (Lipinski definition) is 4. The molecule has 0 saturated carbocycles. The predicted molar refractivity (Wildman–Crippen MR) is 59.6 cm³/mol. The molecule has 0 aliphatic carbocycles. The number of imide groups is 1. The first-order valence-corrected chi connectivity index (χ1v) is 6.26. The highest BCUT2D eigenvalue weighted by molar-refractivity contribution is 7.99. The molecule has 0 aromatic carbocycles. The zero-order valence-electron chi connectivity index (χ0n) is 8.52. The molecule has 2 rings (SSSR count). The molecule has 0 unspecified atom stereocenters. The topological polar surface area (TPSA) is 40.6 Å². The molecule has 0 atom stereocenters. The van der Waals surface area contributed by atoms with Crippen LogP contribution >= 0.6 is 11.8 Å². The Balaban J connectivity index is 1.77. The van der Waals surface area contributed by atoms with Crippen LogP contribution in [0, 0.1) is 0 Å². The van der Waals surface area contributed by atoms with Gasteiger partial charge in [0.05, 0.1) is 0 Å². The molecule has 0 spiro atoms. The Hall–Kier alpha value is -0.810. The Morgan fingerprint density at radius 1 is 1.07 bits per heavy atom. The van der Waals surface area contributed by atoms with E-state index in [-0.39, 0.29) is 11.8 Å². The molecule has 2 heterocycles. The van der Waals surface area contributed by atoms with Crippen molar-refractivity contribution >= 4 is 23.6 Å². The summed E-state index contributed by atoms with van der Waals surface area (Å²) in [6.07, 6.45) is 2.68. The fourth-order valence-electron chi connectivity index (χ4n) is 1.72. The minimum atomic E-state index is -0.175. The number of rotatable bonds is 3. The Morgan fingerprint density at radius 2 is 1.67 bits per heavy atom. The molecule has 4 nitrogen and oxygen atoms in total. The Kier molecular flexibility index (Phi) is 3.43. The number of thioether (sulfide) groups is 1. The molecular weight excluding hydrogens is 212 g/mol. The van der Waals surface area contributed by atoms with Gasteiger partial charge in [0.2, 0.25) is 0 Å². The summed E-state index contributed by atoms with van der Waals surface area (Å²) >= 11 is 1.96. The van der Waals surface area contributed by atoms with Gasteiger partial charge in [0.25, 0.3) is 11.8 Å². The zero-order valence-corrected chi connectivity index (χ0v) is 9.33. The lowest BCUT2D eigenvalue weighted by atomic mass is 10.4. The van der Waals surface area contributed by atoms with Crippen molar-refractivity contribution in [2.75, 3.05) is 37.7 Å². The minimum Gasteiger partial charge on any atom is -0.300 e. The van der Waals surface area contributed by atoms with Crippen LogP contribution in [0.1, 0.15) is 0 Å². The molecule has 1 fully saturated rings. The van der Waals surface area contributed by atoms with Crippen LogP contribution in [0.15, 0.2) is 12.2 Å². The highest BCUT2D eigenvalue weighted by atomic mass is 32.2. The highest BCUT2D eigenvalue weighted by Gasteiger charge is 2.23. The molecule has 2 aliphatic heterocycles. The standard InChI is InChI=1S/C10H14N2O2S/c13-9-1-2-10(14)12(9)4-3-11-5-7-15-8-6-11/h1-2H,3-8H2. The lowest BCUT2D eigenvalue weighted by Crippen LogP contribution is -2.41. The van der Waals surface area contributed by atoms with Crippen LogP contribution in [0.25, 0.3) is 0 Å². The molecule has 0 bridgehead atoms. The van der Waals surface area contributed by atoms with Gasteiger partial charge in [-0.3, -0.25) is 19.4 Å². The zero-order chi connectivity index (χ0) is 10.7. The maximum atomic E-state index is 11.3. The molecule has 0 radical (unpaired) electrons. The smallest absolute Gasteiger partial charge is 0.253 e. The van der Waals surface area contributed by atoms with Crippen LogP contribution in [-0.2, 0) is 9.59 Å². The summed E-state index contributed by atoms with van der Waals surface area (Å²) in [5.41, 5.74) is 0. The fraction of sp³-hybridized carbons (Fsp3) is 0.600. The van der Waals surface area contributed by atoms with Crippen LogP contribution in [0.4, 0.5) is 0 Å². The average molecular weight is 226 g/mol. The minimum absolute atomic E-state index is 0.175. The molecule has 0 aromatic heterocycles. The van der Waals surface area contributed by atoms with E-state index in [1.807, 2.05) is 11.8 Å². The number of carbonyl (C=O) groups excluding carboxylic acids is 2. The van der Waals surface area contributed by atoms with Crippen molar-refractivity contribution in [3.05, 3.63) is 12.2 Å². The van der Waals surface area contributed by atoms with E-state index in [0.717, 1.165) is 31.1 Å². The maximum absolute atomic E-state index is 11.3. The summed E-state index contributed by atoms with van der Waals surface area (Å²) in [4.78, 5) is 26.1. The van der Waals surface area contributed by atoms with Crippen LogP contribution < -0.4 is 0 Å². The van der Waals surface area contributed by atoms with Crippen molar-refractivity contribution in [3.63, 3.8) is 0 Å². The first-order chi connectivity index (χ1) is 7.27. The van der Waals surface area contributed by atoms with Crippen LogP contribution in [-0.4, -0.2) is 59.3 Å². The third kappa shape index (κ3) is 2.60. The van der Waals surface area contributed by atoms with Crippen molar-refractivity contribution in [3.8, 4) is 0 Å². The lowest BCUT2D eigenvalue weighted by Gasteiger charge is -2.27. The summed E-state index contributed by atoms with van der Waals surface area (Å²) in [7, 11) is 0. The summed E-state index contributed by atoms with van der Waals surface area (Å²) in [5.74, 6) is 1.96. The van der Waals surface area contributed by atoms with E-state index in [1.165, 1.54) is 17.1 Å². The summed E-state index contributed by atoms with van der Waals surface area (Å²) < 4.78 is 0. The molecule has 2 aliphatic rings. The van der Waals surface area contributed by atoms with Gasteiger partial charge in [0.15, 0.2) is 0 Å². The van der Waals surface area contributed by atoms with Gasteiger partial charge in [-0.1, -0.05) is 0 Å². The average Bonchev–Trinajstić information content (AvgIpc) is 2.58. The molecule has 1 saturated heterocycles. The Morgan fingerprint density at radius 3 is 2.27 bits per heavy atom. The summed E-state index contributed by atoms with van der Waals surface area (Å²) in [6.45, 7) is 3.46. The van der Waals surface area contributed by atoms with Gasteiger partial charge in [-0.05, 0) is 0 Å². The van der Waals surface area contributed by atoms with Gasteiger partial charge in [0, 0.05) is 49.8 Å². The summed E-state index contributed by atoms with van der Waals surface area (Å²) in [6, 6.07) is 0. The van der Waals surface area contributed by atoms with E-state index < -0.39 is 0 Å². The molecule has 2 amide bonds. The monoisotopic (exact) mass is 226 g/mol. The van der Waals surface area contributed by atoms with Crippen LogP contribution in [0.3, 0.4) is 0 Å². The van der Waals surface area contributed by atoms with E-state index in [1.54, 1.807) is 0 Å². The van der Waals surface area contributed by atoms with Crippen molar-refractivity contribution in [2.24, 2.45) is 0 Å². The lowest BCUT2D eigenvalue weighted by molar-refractivity contribution is -0.136. The highest BCUT2D eigenvalue weighted by Crippen LogP contribution is 2.09. The van der Waals surface area contributed by atoms with E-state index >= 15 is 0 Å². The number of hydrogen-bond donors (Lipinski definition) is 0. The molecule has 0 N–H and O–H groups in total. The Bertz CT molecular complexity index is 280. The van der Waals surface area contributed by atoms with E-state index in [4.69, 9.17) is 0 Å². The quantitative estimate of drug-likeness (QED) is 0.633. The summed E-state index contributed by atoms with van der Waals surface area (Å²) in [5, 5.41) is 0. The molecule has 15 heavy (non-hydrogen) atoms. The van der Waals surface area contributed by atoms with Crippen LogP contribution in [0.5, 0.6) is 0 Å². The largest absolute Gasteiger partial charge is 0.300 e. The Labute approximate surface area is 93.3 Å². The second-order valence-corrected chi connectivity index (χ2v) is 4.84. The third-order valence-corrected chi connectivity index (χ3v) is 3.59. The molecule has 5 heteroatoms. The normalized spacial score (nSPS) is 22.8. The van der Waals surface area contributed by atoms with Crippen molar-refractivity contribution < 1.29 is 9.59 Å². The SMILES string of the molecule is O=C1C=CC(=O)N1CCN1CCSCC1. The molecular formula is C10H14N2O2S. The van der Waals surface area contributed by atoms with E-state index in [9.17, 15) is 9.59 Å². The molecule has 82 valence electrons. The van der Waals surface area contributed by atoms with Crippen molar-refractivity contribution in [2.45, 2.75) is 0 Å². The van der Waals surface area contributed by atoms with Crippen molar-refractivity contribution in [1.29, 1.82) is 0 Å². The van der Waals surface area contributed by atoms with Gasteiger partial charge in [-0.25, -0.2) is 0 Å². The maximum Gasteiger partial charge on any atom is 0.253 e.